The van der Waals surface area contributed by atoms with Crippen LogP contribution in [0.4, 0.5) is 0 Å². The highest BCUT2D eigenvalue weighted by Crippen LogP contribution is 2.14. The van der Waals surface area contributed by atoms with Crippen LogP contribution in [0.5, 0.6) is 0 Å². The van der Waals surface area contributed by atoms with Gasteiger partial charge in [0, 0.05) is 13.1 Å². The Kier molecular flexibility index (Phi) is 6.54. The van der Waals surface area contributed by atoms with Crippen molar-refractivity contribution < 1.29 is 19.1 Å². The quantitative estimate of drug-likeness (QED) is 0.739. The molecule has 0 aromatic carbocycles. The molecule has 2 aliphatic heterocycles. The summed E-state index contributed by atoms with van der Waals surface area (Å²) < 4.78 is 10.1. The van der Waals surface area contributed by atoms with Crippen LogP contribution in [0.25, 0.3) is 0 Å². The number of carbonyl (C=O) groups is 2. The van der Waals surface area contributed by atoms with E-state index in [9.17, 15) is 9.59 Å². The van der Waals surface area contributed by atoms with Crippen LogP contribution in [0.15, 0.2) is 0 Å². The first-order valence-electron chi connectivity index (χ1n) is 6.41. The summed E-state index contributed by atoms with van der Waals surface area (Å²) >= 11 is 0. The Bertz CT molecular complexity index is 321. The van der Waals surface area contributed by atoms with Crippen molar-refractivity contribution in [1.82, 2.24) is 10.2 Å². The van der Waals surface area contributed by atoms with Gasteiger partial charge in [0.1, 0.15) is 0 Å². The summed E-state index contributed by atoms with van der Waals surface area (Å²) in [6.45, 7) is 2.48. The monoisotopic (exact) mass is 292 g/mol. The molecule has 1 amide bonds. The molecule has 2 heterocycles. The van der Waals surface area contributed by atoms with E-state index in [1.165, 1.54) is 7.11 Å². The average molecular weight is 293 g/mol. The maximum atomic E-state index is 12.2. The number of nitrogens with one attached hydrogen (secondary N) is 1. The second-order valence-corrected chi connectivity index (χ2v) is 4.71. The Morgan fingerprint density at radius 2 is 2.26 bits per heavy atom. The lowest BCUT2D eigenvalue weighted by atomic mass is 10.1. The molecule has 19 heavy (non-hydrogen) atoms. The summed E-state index contributed by atoms with van der Waals surface area (Å²) in [6.07, 6.45) is 1.92. The van der Waals surface area contributed by atoms with Crippen LogP contribution < -0.4 is 5.32 Å². The first-order valence-corrected chi connectivity index (χ1v) is 6.41. The molecule has 7 heteroatoms. The van der Waals surface area contributed by atoms with Gasteiger partial charge in [0.15, 0.2) is 0 Å². The molecule has 0 aliphatic carbocycles. The maximum Gasteiger partial charge on any atom is 0.308 e. The Morgan fingerprint density at radius 3 is 2.89 bits per heavy atom. The number of methoxy groups -OCH3 is 1. The number of halogens is 1. The number of hydrogen-bond acceptors (Lipinski definition) is 5. The first-order chi connectivity index (χ1) is 8.70. The third-order valence-corrected chi connectivity index (χ3v) is 3.43. The molecule has 0 radical (unpaired) electrons. The van der Waals surface area contributed by atoms with E-state index in [-0.39, 0.29) is 42.9 Å². The minimum absolute atomic E-state index is 0. The molecule has 0 spiro atoms. The van der Waals surface area contributed by atoms with Crippen molar-refractivity contribution in [3.05, 3.63) is 0 Å². The fraction of sp³-hybridized carbons (Fsp3) is 0.833. The average Bonchev–Trinajstić information content (AvgIpc) is 2.92. The predicted octanol–water partition coefficient (Wildman–Crippen LogP) is -0.0493. The lowest BCUT2D eigenvalue weighted by Crippen LogP contribution is -2.51. The topological polar surface area (TPSA) is 67.9 Å². The van der Waals surface area contributed by atoms with Crippen molar-refractivity contribution in [2.75, 3.05) is 33.4 Å². The summed E-state index contributed by atoms with van der Waals surface area (Å²) in [5, 5.41) is 3.20. The van der Waals surface area contributed by atoms with Gasteiger partial charge < -0.3 is 19.7 Å². The Morgan fingerprint density at radius 1 is 1.47 bits per heavy atom. The molecular formula is C12H21ClN2O4. The summed E-state index contributed by atoms with van der Waals surface area (Å²) in [5.41, 5.74) is 0. The zero-order valence-corrected chi connectivity index (χ0v) is 11.9. The molecule has 6 nitrogen and oxygen atoms in total. The maximum absolute atomic E-state index is 12.2. The van der Waals surface area contributed by atoms with Gasteiger partial charge in [-0.1, -0.05) is 0 Å². The first kappa shape index (κ1) is 16.2. The van der Waals surface area contributed by atoms with E-state index in [0.29, 0.717) is 19.7 Å². The molecule has 2 aliphatic rings. The highest BCUT2D eigenvalue weighted by atomic mass is 35.5. The van der Waals surface area contributed by atoms with E-state index in [0.717, 1.165) is 19.4 Å². The highest BCUT2D eigenvalue weighted by Gasteiger charge is 2.31. The van der Waals surface area contributed by atoms with Gasteiger partial charge in [-0.15, -0.1) is 12.4 Å². The lowest BCUT2D eigenvalue weighted by Gasteiger charge is -2.34. The van der Waals surface area contributed by atoms with Crippen LogP contribution >= 0.6 is 12.4 Å². The minimum atomic E-state index is -0.298. The molecule has 0 aromatic rings. The number of morpholine rings is 1. The number of ether oxygens (including phenoxy) is 2. The third-order valence-electron chi connectivity index (χ3n) is 3.43. The zero-order chi connectivity index (χ0) is 13.0. The molecule has 2 saturated heterocycles. The normalized spacial score (nSPS) is 26.7. The van der Waals surface area contributed by atoms with Gasteiger partial charge in [-0.2, -0.15) is 0 Å². The van der Waals surface area contributed by atoms with Gasteiger partial charge in [0.25, 0.3) is 0 Å². The number of amides is 1. The predicted molar refractivity (Wildman–Crippen MR) is 71.2 cm³/mol. The molecule has 0 saturated carbocycles. The minimum Gasteiger partial charge on any atom is -0.469 e. The van der Waals surface area contributed by atoms with Gasteiger partial charge in [0.05, 0.1) is 32.3 Å². The van der Waals surface area contributed by atoms with E-state index in [4.69, 9.17) is 4.74 Å². The summed E-state index contributed by atoms with van der Waals surface area (Å²) in [4.78, 5) is 25.2. The van der Waals surface area contributed by atoms with Crippen molar-refractivity contribution in [3.8, 4) is 0 Å². The van der Waals surface area contributed by atoms with Crippen LogP contribution in [0.3, 0.4) is 0 Å². The fourth-order valence-corrected chi connectivity index (χ4v) is 2.43. The summed E-state index contributed by atoms with van der Waals surface area (Å²) in [6, 6.07) is -0.0538. The van der Waals surface area contributed by atoms with E-state index in [1.807, 2.05) is 0 Å². The van der Waals surface area contributed by atoms with Crippen molar-refractivity contribution in [1.29, 1.82) is 0 Å². The van der Waals surface area contributed by atoms with Crippen molar-refractivity contribution in [3.63, 3.8) is 0 Å². The van der Waals surface area contributed by atoms with Gasteiger partial charge >= 0.3 is 5.97 Å². The van der Waals surface area contributed by atoms with Gasteiger partial charge in [-0.3, -0.25) is 9.59 Å². The number of hydrogen-bond donors (Lipinski definition) is 1. The second kappa shape index (κ2) is 7.67. The molecule has 0 bridgehead atoms. The standard InChI is InChI=1S/C12H20N2O4.ClH/c1-17-11(15)7-9-8-14(5-6-18-9)12(16)10-3-2-4-13-10;/h9-10,13H,2-8H2,1H3;1H. The molecule has 2 unspecified atom stereocenters. The molecule has 110 valence electrons. The summed E-state index contributed by atoms with van der Waals surface area (Å²) in [5.74, 6) is -0.168. The lowest BCUT2D eigenvalue weighted by molar-refractivity contribution is -0.150. The third kappa shape index (κ3) is 4.33. The zero-order valence-electron chi connectivity index (χ0n) is 11.1. The van der Waals surface area contributed by atoms with Gasteiger partial charge in [0.2, 0.25) is 5.91 Å². The molecule has 2 rings (SSSR count). The van der Waals surface area contributed by atoms with Crippen LogP contribution in [-0.4, -0.2) is 62.3 Å². The van der Waals surface area contributed by atoms with E-state index in [1.54, 1.807) is 4.90 Å². The van der Waals surface area contributed by atoms with Crippen molar-refractivity contribution >= 4 is 24.3 Å². The number of carbonyl (C=O) groups excluding carboxylic acids is 2. The van der Waals surface area contributed by atoms with Crippen molar-refractivity contribution in [2.24, 2.45) is 0 Å². The molecular weight excluding hydrogens is 272 g/mol. The molecule has 2 fully saturated rings. The van der Waals surface area contributed by atoms with Crippen LogP contribution in [-0.2, 0) is 19.1 Å². The van der Waals surface area contributed by atoms with Gasteiger partial charge in [-0.25, -0.2) is 0 Å². The summed E-state index contributed by atoms with van der Waals surface area (Å²) in [7, 11) is 1.36. The smallest absolute Gasteiger partial charge is 0.308 e. The Hall–Kier alpha value is -0.850. The Balaban J connectivity index is 0.00000180. The SMILES string of the molecule is COC(=O)CC1CN(C(=O)C2CCCN2)CCO1.Cl. The van der Waals surface area contributed by atoms with Crippen LogP contribution in [0.1, 0.15) is 19.3 Å². The highest BCUT2D eigenvalue weighted by molar-refractivity contribution is 5.85. The van der Waals surface area contributed by atoms with Gasteiger partial charge in [-0.05, 0) is 19.4 Å². The number of nitrogens with zero attached hydrogens (tertiary/aromatic N) is 1. The molecule has 2 atom stereocenters. The Labute approximate surface area is 119 Å². The molecule has 0 aromatic heterocycles. The van der Waals surface area contributed by atoms with E-state index < -0.39 is 0 Å². The largest absolute Gasteiger partial charge is 0.469 e. The number of rotatable bonds is 3. The van der Waals surface area contributed by atoms with Crippen LogP contribution in [0, 0.1) is 0 Å². The van der Waals surface area contributed by atoms with Crippen LogP contribution in [0.2, 0.25) is 0 Å². The fourth-order valence-electron chi connectivity index (χ4n) is 2.43. The van der Waals surface area contributed by atoms with E-state index >= 15 is 0 Å². The number of esters is 1. The molecule has 1 N–H and O–H groups in total. The second-order valence-electron chi connectivity index (χ2n) is 4.71. The van der Waals surface area contributed by atoms with E-state index in [2.05, 4.69) is 10.1 Å². The van der Waals surface area contributed by atoms with Crippen molar-refractivity contribution in [2.45, 2.75) is 31.4 Å².